The Morgan fingerprint density at radius 1 is 1.12 bits per heavy atom. The van der Waals surface area contributed by atoms with E-state index in [0.717, 1.165) is 36.7 Å². The van der Waals surface area contributed by atoms with E-state index < -0.39 is 11.9 Å². The maximum atomic E-state index is 12.8. The van der Waals surface area contributed by atoms with Crippen LogP contribution in [0.5, 0.6) is 5.75 Å². The van der Waals surface area contributed by atoms with E-state index in [1.54, 1.807) is 12.0 Å². The summed E-state index contributed by atoms with van der Waals surface area (Å²) in [7, 11) is 1.64. The quantitative estimate of drug-likeness (QED) is 0.830. The summed E-state index contributed by atoms with van der Waals surface area (Å²) in [6.07, 6.45) is -3.29. The number of alkyl halides is 3. The summed E-state index contributed by atoms with van der Waals surface area (Å²) in [5.74, 6) is 0.943. The second-order valence-electron chi connectivity index (χ2n) is 6.22. The first-order valence-electron chi connectivity index (χ1n) is 8.41. The van der Waals surface area contributed by atoms with Gasteiger partial charge in [0.1, 0.15) is 11.4 Å². The molecule has 3 rings (SSSR count). The molecule has 0 aliphatic carbocycles. The Morgan fingerprint density at radius 3 is 2.50 bits per heavy atom. The van der Waals surface area contributed by atoms with Crippen molar-refractivity contribution >= 4 is 5.95 Å². The lowest BCUT2D eigenvalue weighted by atomic mass is 10.1. The van der Waals surface area contributed by atoms with E-state index in [0.29, 0.717) is 13.1 Å². The van der Waals surface area contributed by atoms with Gasteiger partial charge in [-0.05, 0) is 30.7 Å². The van der Waals surface area contributed by atoms with Gasteiger partial charge in [0, 0.05) is 38.4 Å². The lowest BCUT2D eigenvalue weighted by molar-refractivity contribution is -0.141. The van der Waals surface area contributed by atoms with Gasteiger partial charge < -0.3 is 9.64 Å². The monoisotopic (exact) mass is 366 g/mol. The van der Waals surface area contributed by atoms with Gasteiger partial charge in [-0.3, -0.25) is 4.90 Å². The van der Waals surface area contributed by atoms with Crippen molar-refractivity contribution < 1.29 is 17.9 Å². The fourth-order valence-electron chi connectivity index (χ4n) is 3.08. The predicted octanol–water partition coefficient (Wildman–Crippen LogP) is 3.39. The number of hydrogen-bond donors (Lipinski definition) is 0. The Hall–Kier alpha value is -2.35. The van der Waals surface area contributed by atoms with Crippen LogP contribution < -0.4 is 9.64 Å². The molecule has 1 aliphatic rings. The molecule has 0 bridgehead atoms. The van der Waals surface area contributed by atoms with Crippen LogP contribution in [0.15, 0.2) is 36.5 Å². The molecule has 1 atom stereocenters. The molecule has 1 saturated heterocycles. The maximum Gasteiger partial charge on any atom is 0.433 e. The zero-order valence-electron chi connectivity index (χ0n) is 14.7. The average Bonchev–Trinajstić information content (AvgIpc) is 2.67. The van der Waals surface area contributed by atoms with Crippen molar-refractivity contribution in [2.45, 2.75) is 19.1 Å². The Balaban J connectivity index is 1.65. The van der Waals surface area contributed by atoms with Crippen LogP contribution in [-0.2, 0) is 6.18 Å². The maximum absolute atomic E-state index is 12.8. The minimum absolute atomic E-state index is 0.133. The van der Waals surface area contributed by atoms with E-state index in [1.807, 2.05) is 18.2 Å². The predicted molar refractivity (Wildman–Crippen MR) is 92.2 cm³/mol. The third-order valence-electron chi connectivity index (χ3n) is 4.65. The van der Waals surface area contributed by atoms with Crippen LogP contribution >= 0.6 is 0 Å². The van der Waals surface area contributed by atoms with Gasteiger partial charge in [-0.25, -0.2) is 9.97 Å². The van der Waals surface area contributed by atoms with Crippen LogP contribution in [0.1, 0.15) is 24.2 Å². The number of piperazine rings is 1. The van der Waals surface area contributed by atoms with Crippen LogP contribution in [0.4, 0.5) is 19.1 Å². The first-order valence-corrected chi connectivity index (χ1v) is 8.41. The average molecular weight is 366 g/mol. The summed E-state index contributed by atoms with van der Waals surface area (Å²) < 4.78 is 43.7. The highest BCUT2D eigenvalue weighted by Crippen LogP contribution is 2.29. The third-order valence-corrected chi connectivity index (χ3v) is 4.65. The van der Waals surface area contributed by atoms with Crippen molar-refractivity contribution in [1.29, 1.82) is 0 Å². The molecule has 0 radical (unpaired) electrons. The normalized spacial score (nSPS) is 17.2. The molecule has 140 valence electrons. The van der Waals surface area contributed by atoms with Crippen molar-refractivity contribution in [3.05, 3.63) is 47.8 Å². The SMILES string of the molecule is COc1cccc(C(C)N2CCN(c3nccc(C(F)(F)F)n3)CC2)c1. The third kappa shape index (κ3) is 4.07. The minimum Gasteiger partial charge on any atom is -0.497 e. The molecule has 0 N–H and O–H groups in total. The molecule has 1 fully saturated rings. The number of methoxy groups -OCH3 is 1. The van der Waals surface area contributed by atoms with Crippen LogP contribution in [0.3, 0.4) is 0 Å². The molecule has 1 aromatic heterocycles. The summed E-state index contributed by atoms with van der Waals surface area (Å²) in [5, 5.41) is 0. The number of aromatic nitrogens is 2. The number of nitrogens with zero attached hydrogens (tertiary/aromatic N) is 4. The molecular weight excluding hydrogens is 345 g/mol. The number of ether oxygens (including phenoxy) is 1. The molecule has 2 heterocycles. The standard InChI is InChI=1S/C18H21F3N4O/c1-13(14-4-3-5-15(12-14)26-2)24-8-10-25(11-9-24)17-22-7-6-16(23-17)18(19,20)21/h3-7,12-13H,8-11H2,1-2H3. The molecule has 1 aliphatic heterocycles. The molecular formula is C18H21F3N4O. The minimum atomic E-state index is -4.46. The van der Waals surface area contributed by atoms with Crippen molar-refractivity contribution in [3.8, 4) is 5.75 Å². The number of benzene rings is 1. The van der Waals surface area contributed by atoms with Crippen molar-refractivity contribution in [2.24, 2.45) is 0 Å². The number of hydrogen-bond acceptors (Lipinski definition) is 5. The summed E-state index contributed by atoms with van der Waals surface area (Å²) in [6.45, 7) is 4.71. The van der Waals surface area contributed by atoms with E-state index in [2.05, 4.69) is 27.9 Å². The highest BCUT2D eigenvalue weighted by atomic mass is 19.4. The second-order valence-corrected chi connectivity index (χ2v) is 6.22. The smallest absolute Gasteiger partial charge is 0.433 e. The van der Waals surface area contributed by atoms with Gasteiger partial charge in [-0.1, -0.05) is 12.1 Å². The van der Waals surface area contributed by atoms with Crippen LogP contribution in [0, 0.1) is 0 Å². The Morgan fingerprint density at radius 2 is 1.85 bits per heavy atom. The Bertz CT molecular complexity index is 745. The van der Waals surface area contributed by atoms with E-state index in [-0.39, 0.29) is 12.0 Å². The van der Waals surface area contributed by atoms with Crippen molar-refractivity contribution in [2.75, 3.05) is 38.2 Å². The van der Waals surface area contributed by atoms with E-state index in [9.17, 15) is 13.2 Å². The van der Waals surface area contributed by atoms with Crippen molar-refractivity contribution in [1.82, 2.24) is 14.9 Å². The van der Waals surface area contributed by atoms with Gasteiger partial charge >= 0.3 is 6.18 Å². The summed E-state index contributed by atoms with van der Waals surface area (Å²) in [6, 6.07) is 9.00. The Kier molecular flexibility index (Phi) is 5.31. The molecule has 1 aromatic carbocycles. The highest BCUT2D eigenvalue weighted by Gasteiger charge is 2.33. The fraction of sp³-hybridized carbons (Fsp3) is 0.444. The second kappa shape index (κ2) is 7.49. The molecule has 2 aromatic rings. The largest absolute Gasteiger partial charge is 0.497 e. The lowest BCUT2D eigenvalue weighted by Crippen LogP contribution is -2.47. The zero-order valence-corrected chi connectivity index (χ0v) is 14.7. The molecule has 0 amide bonds. The van der Waals surface area contributed by atoms with Crippen LogP contribution in [0.2, 0.25) is 0 Å². The molecule has 5 nitrogen and oxygen atoms in total. The van der Waals surface area contributed by atoms with E-state index in [4.69, 9.17) is 4.74 Å². The zero-order chi connectivity index (χ0) is 18.7. The van der Waals surface area contributed by atoms with Gasteiger partial charge in [0.2, 0.25) is 5.95 Å². The van der Waals surface area contributed by atoms with Gasteiger partial charge in [0.25, 0.3) is 0 Å². The van der Waals surface area contributed by atoms with Crippen LogP contribution in [-0.4, -0.2) is 48.2 Å². The first-order chi connectivity index (χ1) is 12.4. The topological polar surface area (TPSA) is 41.5 Å². The number of anilines is 1. The molecule has 0 saturated carbocycles. The molecule has 0 spiro atoms. The summed E-state index contributed by atoms with van der Waals surface area (Å²) >= 11 is 0. The number of halogens is 3. The van der Waals surface area contributed by atoms with Gasteiger partial charge in [-0.15, -0.1) is 0 Å². The van der Waals surface area contributed by atoms with Crippen molar-refractivity contribution in [3.63, 3.8) is 0 Å². The number of rotatable bonds is 4. The lowest BCUT2D eigenvalue weighted by Gasteiger charge is -2.38. The molecule has 26 heavy (non-hydrogen) atoms. The van der Waals surface area contributed by atoms with Gasteiger partial charge in [0.15, 0.2) is 0 Å². The molecule has 8 heteroatoms. The van der Waals surface area contributed by atoms with Crippen LogP contribution in [0.25, 0.3) is 0 Å². The fourth-order valence-corrected chi connectivity index (χ4v) is 3.08. The highest BCUT2D eigenvalue weighted by molar-refractivity contribution is 5.33. The van der Waals surface area contributed by atoms with Gasteiger partial charge in [0.05, 0.1) is 7.11 Å². The van der Waals surface area contributed by atoms with E-state index >= 15 is 0 Å². The Labute approximate surface area is 150 Å². The van der Waals surface area contributed by atoms with E-state index in [1.165, 1.54) is 0 Å². The summed E-state index contributed by atoms with van der Waals surface area (Å²) in [5.41, 5.74) is 0.239. The summed E-state index contributed by atoms with van der Waals surface area (Å²) in [4.78, 5) is 11.8. The molecule has 1 unspecified atom stereocenters. The van der Waals surface area contributed by atoms with Gasteiger partial charge in [-0.2, -0.15) is 13.2 Å². The first kappa shape index (κ1) is 18.4.